The molecule has 0 aliphatic carbocycles. The van der Waals surface area contributed by atoms with Gasteiger partial charge in [-0.05, 0) is 35.9 Å². The average Bonchev–Trinajstić information content (AvgIpc) is 3.13. The third-order valence-electron chi connectivity index (χ3n) is 3.04. The van der Waals surface area contributed by atoms with E-state index in [4.69, 9.17) is 20.9 Å². The minimum Gasteiger partial charge on any atom is -0.496 e. The number of ether oxygens (including phenoxy) is 1. The second-order valence-corrected chi connectivity index (χ2v) is 6.99. The summed E-state index contributed by atoms with van der Waals surface area (Å²) in [5.41, 5.74) is 1.39. The van der Waals surface area contributed by atoms with Gasteiger partial charge in [-0.3, -0.25) is 4.57 Å². The van der Waals surface area contributed by atoms with Crippen molar-refractivity contribution in [3.05, 3.63) is 64.6 Å². The van der Waals surface area contributed by atoms with Gasteiger partial charge in [0.2, 0.25) is 5.50 Å². The van der Waals surface area contributed by atoms with Crippen molar-refractivity contribution in [1.29, 1.82) is 0 Å². The topological polar surface area (TPSA) is 38.8 Å². The number of benzene rings is 2. The van der Waals surface area contributed by atoms with E-state index in [-0.39, 0.29) is 0 Å². The van der Waals surface area contributed by atoms with Crippen LogP contribution in [0.25, 0.3) is 6.08 Å². The lowest BCUT2D eigenvalue weighted by Crippen LogP contribution is -2.01. The summed E-state index contributed by atoms with van der Waals surface area (Å²) in [7, 11) is -1.35. The summed E-state index contributed by atoms with van der Waals surface area (Å²) in [6.45, 7) is 0. The van der Waals surface area contributed by atoms with Crippen LogP contribution >= 0.6 is 19.0 Å². The van der Waals surface area contributed by atoms with Crippen molar-refractivity contribution in [3.63, 3.8) is 0 Å². The number of hydrogen-bond donors (Lipinski definition) is 0. The summed E-state index contributed by atoms with van der Waals surface area (Å²) in [6.07, 6.45) is 1.77. The number of methoxy groups -OCH3 is 1. The van der Waals surface area contributed by atoms with Gasteiger partial charge in [0.05, 0.1) is 12.4 Å². The molecule has 0 bridgehead atoms. The highest BCUT2D eigenvalue weighted by molar-refractivity contribution is 7.77. The molecule has 1 aliphatic heterocycles. The van der Waals surface area contributed by atoms with E-state index in [1.54, 1.807) is 37.5 Å². The predicted octanol–water partition coefficient (Wildman–Crippen LogP) is 4.28. The van der Waals surface area contributed by atoms with Crippen LogP contribution in [0.1, 0.15) is 5.56 Å². The first-order chi connectivity index (χ1) is 9.63. The van der Waals surface area contributed by atoms with Crippen molar-refractivity contribution < 1.29 is 13.8 Å². The molecule has 2 aromatic rings. The van der Waals surface area contributed by atoms with Gasteiger partial charge in [0.1, 0.15) is 5.75 Å². The largest absolute Gasteiger partial charge is 0.496 e. The third-order valence-corrected chi connectivity index (χ3v) is 5.39. The molecular weight excluding hydrogens is 295 g/mol. The van der Waals surface area contributed by atoms with Crippen molar-refractivity contribution in [2.75, 3.05) is 7.11 Å². The van der Waals surface area contributed by atoms with E-state index in [1.165, 1.54) is 0 Å². The van der Waals surface area contributed by atoms with Gasteiger partial charge in [0, 0.05) is 5.02 Å². The van der Waals surface area contributed by atoms with E-state index in [2.05, 4.69) is 0 Å². The summed E-state index contributed by atoms with van der Waals surface area (Å²) in [4.78, 5) is 0. The lowest BCUT2D eigenvalue weighted by molar-refractivity contribution is 0.417. The van der Waals surface area contributed by atoms with E-state index in [1.807, 2.05) is 24.3 Å². The monoisotopic (exact) mass is 306 g/mol. The van der Waals surface area contributed by atoms with Gasteiger partial charge in [0.15, 0.2) is 0 Å². The molecule has 1 unspecified atom stereocenters. The van der Waals surface area contributed by atoms with Crippen LogP contribution in [0.4, 0.5) is 0 Å². The van der Waals surface area contributed by atoms with Crippen LogP contribution in [0.3, 0.4) is 0 Å². The average molecular weight is 307 g/mol. The van der Waals surface area contributed by atoms with Gasteiger partial charge in [-0.1, -0.05) is 35.9 Å². The van der Waals surface area contributed by atoms with Gasteiger partial charge in [-0.25, -0.2) is 0 Å². The maximum Gasteiger partial charge on any atom is 0.344 e. The van der Waals surface area contributed by atoms with Crippen molar-refractivity contribution in [1.82, 2.24) is 0 Å². The molecule has 102 valence electrons. The molecule has 3 rings (SSSR count). The summed E-state index contributed by atoms with van der Waals surface area (Å²) < 4.78 is 23.3. The molecule has 2 aromatic carbocycles. The zero-order chi connectivity index (χ0) is 14.2. The Bertz CT molecular complexity index is 722. The molecule has 0 radical (unpaired) electrons. The Kier molecular flexibility index (Phi) is 3.33. The fraction of sp³-hybridized carbons (Fsp3) is 0.0667. The van der Waals surface area contributed by atoms with Gasteiger partial charge in [0.25, 0.3) is 0 Å². The zero-order valence-electron chi connectivity index (χ0n) is 10.7. The second kappa shape index (κ2) is 5.01. The van der Waals surface area contributed by atoms with Crippen molar-refractivity contribution in [2.45, 2.75) is 0 Å². The molecule has 1 aliphatic rings. The van der Waals surface area contributed by atoms with Crippen LogP contribution in [0.2, 0.25) is 5.02 Å². The van der Waals surface area contributed by atoms with Crippen molar-refractivity contribution >= 4 is 30.4 Å². The Balaban J connectivity index is 1.93. The predicted molar refractivity (Wildman–Crippen MR) is 80.7 cm³/mol. The summed E-state index contributed by atoms with van der Waals surface area (Å²) >= 11 is 5.83. The summed E-state index contributed by atoms with van der Waals surface area (Å²) in [5.74, 6) is 0.579. The van der Waals surface area contributed by atoms with Crippen LogP contribution < -0.4 is 10.0 Å². The Hall–Kier alpha value is -1.70. The molecular formula is C15H12ClO3P. The minimum absolute atomic E-state index is 0.490. The van der Waals surface area contributed by atoms with Gasteiger partial charge in [-0.2, -0.15) is 0 Å². The van der Waals surface area contributed by atoms with Gasteiger partial charge < -0.3 is 9.26 Å². The fourth-order valence-corrected chi connectivity index (χ4v) is 3.98. The number of halogens is 1. The zero-order valence-corrected chi connectivity index (χ0v) is 12.4. The first kappa shape index (κ1) is 13.3. The number of para-hydroxylation sites is 1. The van der Waals surface area contributed by atoms with Crippen molar-refractivity contribution in [2.24, 2.45) is 0 Å². The lowest BCUT2D eigenvalue weighted by atomic mass is 10.2. The molecule has 0 N–H and O–H groups in total. The van der Waals surface area contributed by atoms with E-state index >= 15 is 0 Å². The third kappa shape index (κ3) is 2.35. The Morgan fingerprint density at radius 2 is 1.85 bits per heavy atom. The van der Waals surface area contributed by atoms with Crippen molar-refractivity contribution in [3.8, 4) is 5.75 Å². The van der Waals surface area contributed by atoms with Crippen LogP contribution in [-0.2, 0) is 9.09 Å². The normalized spacial score (nSPS) is 22.4. The van der Waals surface area contributed by atoms with Gasteiger partial charge in [-0.15, -0.1) is 0 Å². The van der Waals surface area contributed by atoms with E-state index in [0.717, 1.165) is 5.56 Å². The molecule has 1 heterocycles. The molecule has 3 nitrogen and oxygen atoms in total. The fourth-order valence-electron chi connectivity index (χ4n) is 1.97. The lowest BCUT2D eigenvalue weighted by Gasteiger charge is -2.02. The second-order valence-electron chi connectivity index (χ2n) is 4.35. The summed E-state index contributed by atoms with van der Waals surface area (Å²) in [6, 6.07) is 14.5. The molecule has 0 aromatic heterocycles. The SMILES string of the molecule is COc1ccccc1P1(=O)OC1=Cc1ccc(Cl)cc1. The number of rotatable bonds is 3. The maximum atomic E-state index is 12.7. The highest BCUT2D eigenvalue weighted by atomic mass is 35.5. The molecule has 20 heavy (non-hydrogen) atoms. The molecule has 1 atom stereocenters. The van der Waals surface area contributed by atoms with E-state index < -0.39 is 7.37 Å². The number of hydrogen-bond acceptors (Lipinski definition) is 3. The van der Waals surface area contributed by atoms with Crippen LogP contribution in [0, 0.1) is 0 Å². The molecule has 0 spiro atoms. The Morgan fingerprint density at radius 3 is 2.55 bits per heavy atom. The van der Waals surface area contributed by atoms with Gasteiger partial charge >= 0.3 is 7.37 Å². The maximum absolute atomic E-state index is 12.7. The Morgan fingerprint density at radius 1 is 1.15 bits per heavy atom. The smallest absolute Gasteiger partial charge is 0.344 e. The molecule has 0 amide bonds. The van der Waals surface area contributed by atoms with E-state index in [9.17, 15) is 4.57 Å². The molecule has 5 heteroatoms. The molecule has 1 fully saturated rings. The highest BCUT2D eigenvalue weighted by Crippen LogP contribution is 2.73. The first-order valence-corrected chi connectivity index (χ1v) is 8.05. The molecule has 1 saturated heterocycles. The highest BCUT2D eigenvalue weighted by Gasteiger charge is 2.51. The van der Waals surface area contributed by atoms with Crippen LogP contribution in [0.5, 0.6) is 5.75 Å². The first-order valence-electron chi connectivity index (χ1n) is 6.04. The summed E-state index contributed by atoms with van der Waals surface area (Å²) in [5, 5.41) is 1.26. The standard InChI is InChI=1S/C15H12ClO3P/c1-18-13-4-2-3-5-14(13)20(17)15(19-20)10-11-6-8-12(16)9-7-11/h2-10H,1H3. The van der Waals surface area contributed by atoms with E-state index in [0.29, 0.717) is 21.6 Å². The molecule has 0 saturated carbocycles. The van der Waals surface area contributed by atoms with Crippen LogP contribution in [-0.4, -0.2) is 7.11 Å². The minimum atomic E-state index is -2.91. The Labute approximate surface area is 122 Å². The quantitative estimate of drug-likeness (QED) is 0.627. The van der Waals surface area contributed by atoms with Crippen LogP contribution in [0.15, 0.2) is 54.0 Å².